The Balaban J connectivity index is 2.22. The van der Waals surface area contributed by atoms with Gasteiger partial charge in [0.2, 0.25) is 0 Å². The standard InChI is InChI=1S/C13H19N3S/c1-3-5-9(4-2)13(15)7-6-10-11(8-13)17-12(14)16-10/h2,9H,3,5-8,15H2,1H3,(H2,14,16). The molecule has 0 saturated carbocycles. The quantitative estimate of drug-likeness (QED) is 0.805. The highest BCUT2D eigenvalue weighted by Crippen LogP contribution is 2.37. The van der Waals surface area contributed by atoms with Gasteiger partial charge in [-0.05, 0) is 19.3 Å². The summed E-state index contributed by atoms with van der Waals surface area (Å²) in [6, 6.07) is 0. The third-order valence-electron chi connectivity index (χ3n) is 3.58. The Kier molecular flexibility index (Phi) is 3.41. The lowest BCUT2D eigenvalue weighted by Crippen LogP contribution is -2.50. The van der Waals surface area contributed by atoms with E-state index in [1.165, 1.54) is 4.88 Å². The Bertz CT molecular complexity index is 446. The molecule has 92 valence electrons. The highest BCUT2D eigenvalue weighted by Gasteiger charge is 2.38. The van der Waals surface area contributed by atoms with E-state index in [0.717, 1.165) is 37.8 Å². The lowest BCUT2D eigenvalue weighted by molar-refractivity contribution is 0.277. The van der Waals surface area contributed by atoms with Crippen LogP contribution in [0.3, 0.4) is 0 Å². The predicted octanol–water partition coefficient (Wildman–Crippen LogP) is 1.96. The summed E-state index contributed by atoms with van der Waals surface area (Å²) >= 11 is 1.56. The summed E-state index contributed by atoms with van der Waals surface area (Å²) in [4.78, 5) is 5.57. The topological polar surface area (TPSA) is 64.9 Å². The first-order valence-electron chi connectivity index (χ1n) is 6.08. The van der Waals surface area contributed by atoms with Crippen LogP contribution in [0.4, 0.5) is 5.13 Å². The molecular weight excluding hydrogens is 230 g/mol. The van der Waals surface area contributed by atoms with Crippen LogP contribution in [0.25, 0.3) is 0 Å². The number of hydrogen-bond acceptors (Lipinski definition) is 4. The number of aryl methyl sites for hydroxylation is 1. The normalized spacial score (nSPS) is 25.0. The molecule has 0 fully saturated rings. The van der Waals surface area contributed by atoms with Crippen molar-refractivity contribution in [2.24, 2.45) is 11.7 Å². The first-order valence-corrected chi connectivity index (χ1v) is 6.89. The third kappa shape index (κ3) is 2.31. The Labute approximate surface area is 107 Å². The first-order chi connectivity index (χ1) is 8.09. The average Bonchev–Trinajstić information content (AvgIpc) is 2.64. The number of aromatic nitrogens is 1. The van der Waals surface area contributed by atoms with Gasteiger partial charge in [-0.3, -0.25) is 0 Å². The van der Waals surface area contributed by atoms with Gasteiger partial charge >= 0.3 is 0 Å². The second kappa shape index (κ2) is 4.67. The van der Waals surface area contributed by atoms with Crippen molar-refractivity contribution in [1.29, 1.82) is 0 Å². The summed E-state index contributed by atoms with van der Waals surface area (Å²) in [5, 5.41) is 0.645. The van der Waals surface area contributed by atoms with Gasteiger partial charge in [0.25, 0.3) is 0 Å². The van der Waals surface area contributed by atoms with Crippen LogP contribution in [-0.2, 0) is 12.8 Å². The van der Waals surface area contributed by atoms with Gasteiger partial charge in [-0.2, -0.15) is 0 Å². The number of terminal acetylenes is 1. The summed E-state index contributed by atoms with van der Waals surface area (Å²) in [7, 11) is 0. The molecule has 4 N–H and O–H groups in total. The van der Waals surface area contributed by atoms with Gasteiger partial charge in [0, 0.05) is 22.8 Å². The molecule has 1 heterocycles. The number of rotatable bonds is 3. The highest BCUT2D eigenvalue weighted by molar-refractivity contribution is 7.15. The van der Waals surface area contributed by atoms with Crippen molar-refractivity contribution >= 4 is 16.5 Å². The second-order valence-electron chi connectivity index (χ2n) is 4.84. The second-order valence-corrected chi connectivity index (χ2v) is 5.96. The lowest BCUT2D eigenvalue weighted by atomic mass is 9.73. The molecule has 2 rings (SSSR count). The van der Waals surface area contributed by atoms with Gasteiger partial charge in [0.1, 0.15) is 0 Å². The molecule has 4 heteroatoms. The van der Waals surface area contributed by atoms with Crippen molar-refractivity contribution in [1.82, 2.24) is 4.98 Å². The summed E-state index contributed by atoms with van der Waals surface area (Å²) < 4.78 is 0. The number of anilines is 1. The smallest absolute Gasteiger partial charge is 0.180 e. The minimum atomic E-state index is -0.267. The van der Waals surface area contributed by atoms with E-state index in [9.17, 15) is 0 Å². The number of fused-ring (bicyclic) bond motifs is 1. The number of hydrogen-bond donors (Lipinski definition) is 2. The van der Waals surface area contributed by atoms with Crippen molar-refractivity contribution in [3.63, 3.8) is 0 Å². The number of nitrogens with two attached hydrogens (primary N) is 2. The Morgan fingerprint density at radius 1 is 1.65 bits per heavy atom. The fourth-order valence-electron chi connectivity index (χ4n) is 2.60. The van der Waals surface area contributed by atoms with Crippen LogP contribution in [0.2, 0.25) is 0 Å². The van der Waals surface area contributed by atoms with Gasteiger partial charge in [-0.1, -0.05) is 13.3 Å². The van der Waals surface area contributed by atoms with E-state index in [1.54, 1.807) is 11.3 Å². The van der Waals surface area contributed by atoms with E-state index in [0.29, 0.717) is 5.13 Å². The highest BCUT2D eigenvalue weighted by atomic mass is 32.1. The van der Waals surface area contributed by atoms with E-state index in [2.05, 4.69) is 17.8 Å². The monoisotopic (exact) mass is 249 g/mol. The van der Waals surface area contributed by atoms with Crippen LogP contribution in [0.15, 0.2) is 0 Å². The molecule has 0 aliphatic heterocycles. The molecule has 17 heavy (non-hydrogen) atoms. The van der Waals surface area contributed by atoms with Crippen molar-refractivity contribution < 1.29 is 0 Å². The van der Waals surface area contributed by atoms with Crippen LogP contribution in [0, 0.1) is 18.3 Å². The van der Waals surface area contributed by atoms with Crippen LogP contribution < -0.4 is 11.5 Å². The summed E-state index contributed by atoms with van der Waals surface area (Å²) in [5.74, 6) is 3.04. The summed E-state index contributed by atoms with van der Waals surface area (Å²) in [6.45, 7) is 2.15. The molecule has 1 aromatic heterocycles. The minimum Gasteiger partial charge on any atom is -0.375 e. The molecule has 0 radical (unpaired) electrons. The average molecular weight is 249 g/mol. The van der Waals surface area contributed by atoms with Gasteiger partial charge < -0.3 is 11.5 Å². The zero-order valence-electron chi connectivity index (χ0n) is 10.2. The molecule has 1 aliphatic carbocycles. The first kappa shape index (κ1) is 12.4. The molecule has 3 nitrogen and oxygen atoms in total. The Morgan fingerprint density at radius 2 is 2.41 bits per heavy atom. The fourth-order valence-corrected chi connectivity index (χ4v) is 3.61. The predicted molar refractivity (Wildman–Crippen MR) is 72.7 cm³/mol. The maximum Gasteiger partial charge on any atom is 0.180 e. The molecule has 0 amide bonds. The summed E-state index contributed by atoms with van der Waals surface area (Å²) in [5.41, 5.74) is 13.1. The van der Waals surface area contributed by atoms with Crippen molar-refractivity contribution in [3.8, 4) is 12.3 Å². The van der Waals surface area contributed by atoms with Gasteiger partial charge in [-0.15, -0.1) is 23.7 Å². The van der Waals surface area contributed by atoms with Crippen LogP contribution >= 0.6 is 11.3 Å². The largest absolute Gasteiger partial charge is 0.375 e. The minimum absolute atomic E-state index is 0.156. The zero-order chi connectivity index (χ0) is 12.5. The molecule has 0 saturated heterocycles. The van der Waals surface area contributed by atoms with Crippen LogP contribution in [0.1, 0.15) is 36.8 Å². The molecule has 0 spiro atoms. The van der Waals surface area contributed by atoms with Crippen molar-refractivity contribution in [2.75, 3.05) is 5.73 Å². The molecule has 2 unspecified atom stereocenters. The molecule has 0 aromatic carbocycles. The maximum absolute atomic E-state index is 6.52. The van der Waals surface area contributed by atoms with E-state index >= 15 is 0 Å². The maximum atomic E-state index is 6.52. The van der Waals surface area contributed by atoms with E-state index in [4.69, 9.17) is 17.9 Å². The van der Waals surface area contributed by atoms with Gasteiger partial charge in [0.05, 0.1) is 5.69 Å². The third-order valence-corrected chi connectivity index (χ3v) is 4.51. The number of nitrogens with zero attached hydrogens (tertiary/aromatic N) is 1. The number of nitrogen functional groups attached to an aromatic ring is 1. The van der Waals surface area contributed by atoms with Crippen LogP contribution in [-0.4, -0.2) is 10.5 Å². The van der Waals surface area contributed by atoms with Crippen LogP contribution in [0.5, 0.6) is 0 Å². The molecule has 0 bridgehead atoms. The molecule has 1 aliphatic rings. The summed E-state index contributed by atoms with van der Waals surface area (Å²) in [6.07, 6.45) is 10.3. The van der Waals surface area contributed by atoms with Gasteiger partial charge in [-0.25, -0.2) is 4.98 Å². The lowest BCUT2D eigenvalue weighted by Gasteiger charge is -2.37. The molecule has 2 atom stereocenters. The van der Waals surface area contributed by atoms with E-state index in [-0.39, 0.29) is 11.5 Å². The van der Waals surface area contributed by atoms with Crippen molar-refractivity contribution in [3.05, 3.63) is 10.6 Å². The van der Waals surface area contributed by atoms with E-state index < -0.39 is 0 Å². The van der Waals surface area contributed by atoms with E-state index in [1.807, 2.05) is 0 Å². The molecular formula is C13H19N3S. The fraction of sp³-hybridized carbons (Fsp3) is 0.615. The zero-order valence-corrected chi connectivity index (χ0v) is 11.0. The molecule has 1 aromatic rings. The van der Waals surface area contributed by atoms with Gasteiger partial charge in [0.15, 0.2) is 5.13 Å². The number of thiazole rings is 1. The van der Waals surface area contributed by atoms with Crippen molar-refractivity contribution in [2.45, 2.75) is 44.6 Å². The Morgan fingerprint density at radius 3 is 3.06 bits per heavy atom. The SMILES string of the molecule is C#CC(CCC)C1(N)CCc2nc(N)sc2C1. The Hall–Kier alpha value is -1.05.